The summed E-state index contributed by atoms with van der Waals surface area (Å²) in [5.74, 6) is 0.875. The number of hydrogen-bond donors (Lipinski definition) is 1. The van der Waals surface area contributed by atoms with E-state index < -0.39 is 0 Å². The average molecular weight is 225 g/mol. The molecule has 0 saturated carbocycles. The van der Waals surface area contributed by atoms with Crippen molar-refractivity contribution in [3.63, 3.8) is 0 Å². The van der Waals surface area contributed by atoms with Crippen LogP contribution in [0.25, 0.3) is 0 Å². The quantitative estimate of drug-likeness (QED) is 0.834. The number of rotatable bonds is 5. The maximum Gasteiger partial charge on any atom is 0.128 e. The molecule has 90 valence electrons. The van der Waals surface area contributed by atoms with Crippen LogP contribution in [0.3, 0.4) is 0 Å². The second kappa shape index (κ2) is 5.85. The fourth-order valence-corrected chi connectivity index (χ4v) is 1.70. The first kappa shape index (κ1) is 13.0. The van der Waals surface area contributed by atoms with Crippen molar-refractivity contribution in [1.82, 2.24) is 0 Å². The van der Waals surface area contributed by atoms with Crippen LogP contribution >= 0.6 is 0 Å². The predicted octanol–water partition coefficient (Wildman–Crippen LogP) is 3.27. The normalized spacial score (nSPS) is 12.9. The Labute approximate surface area is 96.6 Å². The van der Waals surface area contributed by atoms with Gasteiger partial charge in [0, 0.05) is 11.6 Å². The molecule has 0 fully saturated rings. The summed E-state index contributed by atoms with van der Waals surface area (Å²) < 4.78 is 18.9. The molecule has 16 heavy (non-hydrogen) atoms. The van der Waals surface area contributed by atoms with Crippen LogP contribution < -0.4 is 10.5 Å². The monoisotopic (exact) mass is 225 g/mol. The fraction of sp³-hybridized carbons (Fsp3) is 0.538. The molecule has 1 unspecified atom stereocenters. The Morgan fingerprint density at radius 2 is 2.06 bits per heavy atom. The van der Waals surface area contributed by atoms with Gasteiger partial charge in [0.25, 0.3) is 0 Å². The van der Waals surface area contributed by atoms with Crippen LogP contribution in [0.15, 0.2) is 18.2 Å². The van der Waals surface area contributed by atoms with Crippen molar-refractivity contribution in [2.45, 2.75) is 33.2 Å². The van der Waals surface area contributed by atoms with E-state index in [1.165, 1.54) is 6.07 Å². The van der Waals surface area contributed by atoms with Crippen molar-refractivity contribution in [2.75, 3.05) is 6.61 Å². The molecular formula is C13H20FNO. The maximum absolute atomic E-state index is 13.6. The molecule has 0 spiro atoms. The summed E-state index contributed by atoms with van der Waals surface area (Å²) in [6.45, 7) is 6.62. The summed E-state index contributed by atoms with van der Waals surface area (Å²) in [5.41, 5.74) is 6.51. The van der Waals surface area contributed by atoms with Gasteiger partial charge in [0.2, 0.25) is 0 Å². The SMILES string of the molecule is CCOc1ccc(F)c(C(N)CC(C)C)c1. The van der Waals surface area contributed by atoms with Crippen molar-refractivity contribution in [3.8, 4) is 5.75 Å². The van der Waals surface area contributed by atoms with Gasteiger partial charge in [0.05, 0.1) is 6.61 Å². The van der Waals surface area contributed by atoms with E-state index in [0.29, 0.717) is 23.8 Å². The molecule has 0 bridgehead atoms. The highest BCUT2D eigenvalue weighted by Gasteiger charge is 2.13. The Morgan fingerprint density at radius 1 is 1.38 bits per heavy atom. The largest absolute Gasteiger partial charge is 0.494 e. The number of hydrogen-bond acceptors (Lipinski definition) is 2. The molecule has 0 aromatic heterocycles. The second-order valence-corrected chi connectivity index (χ2v) is 4.35. The lowest BCUT2D eigenvalue weighted by molar-refractivity contribution is 0.338. The highest BCUT2D eigenvalue weighted by atomic mass is 19.1. The molecule has 2 nitrogen and oxygen atoms in total. The topological polar surface area (TPSA) is 35.2 Å². The lowest BCUT2D eigenvalue weighted by Gasteiger charge is -2.16. The minimum atomic E-state index is -0.264. The first-order valence-corrected chi connectivity index (χ1v) is 5.72. The number of nitrogens with two attached hydrogens (primary N) is 1. The minimum absolute atomic E-state index is 0.253. The van der Waals surface area contributed by atoms with Crippen molar-refractivity contribution < 1.29 is 9.13 Å². The molecule has 0 heterocycles. The summed E-state index contributed by atoms with van der Waals surface area (Å²) in [6.07, 6.45) is 0.770. The second-order valence-electron chi connectivity index (χ2n) is 4.35. The molecule has 1 atom stereocenters. The third-order valence-electron chi connectivity index (χ3n) is 2.40. The smallest absolute Gasteiger partial charge is 0.128 e. The Balaban J connectivity index is 2.88. The van der Waals surface area contributed by atoms with Crippen LogP contribution in [0.1, 0.15) is 38.8 Å². The fourth-order valence-electron chi connectivity index (χ4n) is 1.70. The van der Waals surface area contributed by atoms with Gasteiger partial charge in [-0.2, -0.15) is 0 Å². The third kappa shape index (κ3) is 3.49. The van der Waals surface area contributed by atoms with E-state index in [-0.39, 0.29) is 11.9 Å². The molecule has 1 rings (SSSR count). The molecule has 0 radical (unpaired) electrons. The first-order valence-electron chi connectivity index (χ1n) is 5.72. The molecule has 0 aliphatic heterocycles. The van der Waals surface area contributed by atoms with Crippen molar-refractivity contribution in [2.24, 2.45) is 11.7 Å². The number of benzene rings is 1. The van der Waals surface area contributed by atoms with E-state index in [9.17, 15) is 4.39 Å². The predicted molar refractivity (Wildman–Crippen MR) is 64.0 cm³/mol. The Bertz CT molecular complexity index is 339. The van der Waals surface area contributed by atoms with Gasteiger partial charge in [-0.1, -0.05) is 13.8 Å². The molecule has 3 heteroatoms. The van der Waals surface area contributed by atoms with Gasteiger partial charge in [-0.15, -0.1) is 0 Å². The van der Waals surface area contributed by atoms with Crippen LogP contribution in [-0.2, 0) is 0 Å². The molecule has 1 aromatic rings. The third-order valence-corrected chi connectivity index (χ3v) is 2.40. The van der Waals surface area contributed by atoms with E-state index in [0.717, 1.165) is 6.42 Å². The lowest BCUT2D eigenvalue weighted by Crippen LogP contribution is -2.14. The van der Waals surface area contributed by atoms with Crippen molar-refractivity contribution >= 4 is 0 Å². The van der Waals surface area contributed by atoms with E-state index in [4.69, 9.17) is 10.5 Å². The summed E-state index contributed by atoms with van der Waals surface area (Å²) in [6, 6.07) is 4.48. The van der Waals surface area contributed by atoms with Crippen molar-refractivity contribution in [3.05, 3.63) is 29.6 Å². The van der Waals surface area contributed by atoms with E-state index in [2.05, 4.69) is 13.8 Å². The van der Waals surface area contributed by atoms with E-state index in [1.54, 1.807) is 12.1 Å². The highest BCUT2D eigenvalue weighted by molar-refractivity contribution is 5.31. The minimum Gasteiger partial charge on any atom is -0.494 e. The number of ether oxygens (including phenoxy) is 1. The molecule has 0 aliphatic rings. The van der Waals surface area contributed by atoms with Crippen LogP contribution in [0.2, 0.25) is 0 Å². The summed E-state index contributed by atoms with van der Waals surface area (Å²) in [4.78, 5) is 0. The van der Waals surface area contributed by atoms with Crippen LogP contribution in [0.4, 0.5) is 4.39 Å². The van der Waals surface area contributed by atoms with Crippen LogP contribution in [-0.4, -0.2) is 6.61 Å². The molecule has 0 saturated heterocycles. The maximum atomic E-state index is 13.6. The van der Waals surface area contributed by atoms with Crippen LogP contribution in [0.5, 0.6) is 5.75 Å². The van der Waals surface area contributed by atoms with E-state index in [1.807, 2.05) is 6.92 Å². The van der Waals surface area contributed by atoms with Crippen molar-refractivity contribution in [1.29, 1.82) is 0 Å². The summed E-state index contributed by atoms with van der Waals surface area (Å²) >= 11 is 0. The number of halogens is 1. The highest BCUT2D eigenvalue weighted by Crippen LogP contribution is 2.25. The molecular weight excluding hydrogens is 205 g/mol. The van der Waals surface area contributed by atoms with Crippen LogP contribution in [0, 0.1) is 11.7 Å². The zero-order valence-electron chi connectivity index (χ0n) is 10.2. The zero-order valence-corrected chi connectivity index (χ0v) is 10.2. The van der Waals surface area contributed by atoms with Gasteiger partial charge in [0.15, 0.2) is 0 Å². The first-order chi connectivity index (χ1) is 7.54. The van der Waals surface area contributed by atoms with Gasteiger partial charge < -0.3 is 10.5 Å². The Hall–Kier alpha value is -1.09. The standard InChI is InChI=1S/C13H20FNO/c1-4-16-10-5-6-12(14)11(8-10)13(15)7-9(2)3/h5-6,8-9,13H,4,7,15H2,1-3H3. The molecule has 2 N–H and O–H groups in total. The zero-order chi connectivity index (χ0) is 12.1. The Morgan fingerprint density at radius 3 is 2.62 bits per heavy atom. The summed E-state index contributed by atoms with van der Waals surface area (Å²) in [5, 5.41) is 0. The van der Waals surface area contributed by atoms with Gasteiger partial charge in [0.1, 0.15) is 11.6 Å². The molecule has 0 amide bonds. The molecule has 1 aromatic carbocycles. The van der Waals surface area contributed by atoms with E-state index >= 15 is 0 Å². The van der Waals surface area contributed by atoms with Gasteiger partial charge in [-0.3, -0.25) is 0 Å². The summed E-state index contributed by atoms with van der Waals surface area (Å²) in [7, 11) is 0. The van der Waals surface area contributed by atoms with Gasteiger partial charge in [-0.05, 0) is 37.5 Å². The molecule has 0 aliphatic carbocycles. The van der Waals surface area contributed by atoms with Gasteiger partial charge >= 0.3 is 0 Å². The average Bonchev–Trinajstić information content (AvgIpc) is 2.20. The lowest BCUT2D eigenvalue weighted by atomic mass is 9.97. The van der Waals surface area contributed by atoms with Gasteiger partial charge in [-0.25, -0.2) is 4.39 Å². The Kier molecular flexibility index (Phi) is 4.74.